The molecule has 5 nitrogen and oxygen atoms in total. The molecule has 0 bridgehead atoms. The zero-order valence-corrected chi connectivity index (χ0v) is 19.2. The molecule has 1 amide bonds. The molecule has 0 atom stereocenters. The van der Waals surface area contributed by atoms with Crippen molar-refractivity contribution >= 4 is 49.5 Å². The number of hydrogen-bond acceptors (Lipinski definition) is 4. The van der Waals surface area contributed by atoms with Crippen LogP contribution in [0.1, 0.15) is 16.8 Å². The van der Waals surface area contributed by atoms with Crippen LogP contribution in [0.3, 0.4) is 0 Å². The first-order valence-electron chi connectivity index (χ1n) is 10.6. The number of rotatable bonds is 5. The van der Waals surface area contributed by atoms with Crippen LogP contribution in [0.5, 0.6) is 5.75 Å². The molecule has 1 heterocycles. The molecule has 1 aromatic heterocycles. The minimum absolute atomic E-state index is 0.147. The molecule has 0 unspecified atom stereocenters. The molecule has 33 heavy (non-hydrogen) atoms. The molecule has 0 aliphatic carbocycles. The van der Waals surface area contributed by atoms with E-state index in [1.165, 1.54) is 0 Å². The number of carbonyl (C=O) groups excluding carboxylic acids is 1. The van der Waals surface area contributed by atoms with E-state index in [0.29, 0.717) is 23.4 Å². The monoisotopic (exact) mass is 497 g/mol. The predicted octanol–water partition coefficient (Wildman–Crippen LogP) is 6.02. The van der Waals surface area contributed by atoms with Gasteiger partial charge in [-0.25, -0.2) is 9.97 Å². The van der Waals surface area contributed by atoms with Gasteiger partial charge in [0, 0.05) is 16.3 Å². The minimum Gasteiger partial charge on any atom is -0.508 e. The summed E-state index contributed by atoms with van der Waals surface area (Å²) in [5.74, 6) is 0.522. The molecule has 4 aromatic carbocycles. The number of aromatic hydroxyl groups is 1. The van der Waals surface area contributed by atoms with Gasteiger partial charge in [-0.1, -0.05) is 64.5 Å². The van der Waals surface area contributed by atoms with Gasteiger partial charge in [0.05, 0.1) is 23.1 Å². The fourth-order valence-electron chi connectivity index (χ4n) is 3.85. The third-order valence-corrected chi connectivity index (χ3v) is 5.98. The van der Waals surface area contributed by atoms with E-state index in [1.54, 1.807) is 12.1 Å². The first kappa shape index (κ1) is 21.1. The van der Waals surface area contributed by atoms with E-state index in [4.69, 9.17) is 9.97 Å². The first-order chi connectivity index (χ1) is 16.0. The highest BCUT2D eigenvalue weighted by atomic mass is 79.9. The number of fused-ring (bicyclic) bond motifs is 3. The summed E-state index contributed by atoms with van der Waals surface area (Å²) in [6.45, 7) is 0. The van der Waals surface area contributed by atoms with Crippen LogP contribution in [0.2, 0.25) is 0 Å². The molecule has 2 N–H and O–H groups in total. The van der Waals surface area contributed by atoms with Gasteiger partial charge in [0.25, 0.3) is 0 Å². The average Bonchev–Trinajstić information content (AvgIpc) is 2.81. The van der Waals surface area contributed by atoms with E-state index in [1.807, 2.05) is 72.8 Å². The van der Waals surface area contributed by atoms with Crippen molar-refractivity contribution in [1.82, 2.24) is 9.97 Å². The summed E-state index contributed by atoms with van der Waals surface area (Å²) in [5.41, 5.74) is 4.11. The molecule has 0 aliphatic heterocycles. The summed E-state index contributed by atoms with van der Waals surface area (Å²) in [4.78, 5) is 22.5. The molecule has 5 aromatic rings. The van der Waals surface area contributed by atoms with Crippen molar-refractivity contribution in [3.63, 3.8) is 0 Å². The molecule has 0 aliphatic rings. The lowest BCUT2D eigenvalue weighted by Crippen LogP contribution is -2.17. The molecule has 0 radical (unpaired) electrons. The number of halogens is 1. The molecule has 0 saturated carbocycles. The van der Waals surface area contributed by atoms with Crippen LogP contribution < -0.4 is 5.32 Å². The maximum atomic E-state index is 12.8. The third kappa shape index (κ3) is 4.71. The second-order valence-electron chi connectivity index (χ2n) is 7.87. The van der Waals surface area contributed by atoms with Gasteiger partial charge in [-0.15, -0.1) is 0 Å². The number of nitrogens with one attached hydrogen (secondary N) is 1. The van der Waals surface area contributed by atoms with Gasteiger partial charge in [-0.05, 0) is 52.9 Å². The lowest BCUT2D eigenvalue weighted by molar-refractivity contribution is -0.115. The zero-order chi connectivity index (χ0) is 22.8. The van der Waals surface area contributed by atoms with Crippen LogP contribution in [0, 0.1) is 0 Å². The van der Waals surface area contributed by atoms with Crippen LogP contribution in [0.4, 0.5) is 5.82 Å². The Kier molecular flexibility index (Phi) is 5.75. The van der Waals surface area contributed by atoms with Gasteiger partial charge in [0.2, 0.25) is 5.91 Å². The number of nitrogens with zero attached hydrogens (tertiary/aromatic N) is 2. The molecule has 0 saturated heterocycles. The van der Waals surface area contributed by atoms with Crippen LogP contribution >= 0.6 is 15.9 Å². The number of anilines is 1. The Morgan fingerprint density at radius 3 is 2.45 bits per heavy atom. The fraction of sp³-hybridized carbons (Fsp3) is 0.0741. The van der Waals surface area contributed by atoms with Crippen molar-refractivity contribution in [3.05, 3.63) is 106 Å². The van der Waals surface area contributed by atoms with E-state index < -0.39 is 0 Å². The molecule has 0 fully saturated rings. The second kappa shape index (κ2) is 9.00. The third-order valence-electron chi connectivity index (χ3n) is 5.46. The van der Waals surface area contributed by atoms with Crippen molar-refractivity contribution in [2.24, 2.45) is 0 Å². The first-order valence-corrected chi connectivity index (χ1v) is 11.3. The predicted molar refractivity (Wildman–Crippen MR) is 134 cm³/mol. The number of hydrogen-bond donors (Lipinski definition) is 2. The van der Waals surface area contributed by atoms with Crippen LogP contribution in [-0.4, -0.2) is 21.0 Å². The lowest BCUT2D eigenvalue weighted by Gasteiger charge is -2.13. The Morgan fingerprint density at radius 1 is 0.879 bits per heavy atom. The quantitative estimate of drug-likeness (QED) is 0.291. The number of aromatic nitrogens is 2. The normalized spacial score (nSPS) is 11.1. The summed E-state index contributed by atoms with van der Waals surface area (Å²) in [6, 6.07) is 26.6. The van der Waals surface area contributed by atoms with Crippen molar-refractivity contribution in [1.29, 1.82) is 0 Å². The number of benzene rings is 4. The number of carbonyl (C=O) groups is 1. The van der Waals surface area contributed by atoms with Crippen LogP contribution in [-0.2, 0) is 17.6 Å². The number of phenolic OH excluding ortho intramolecular Hbond substituents is 1. The highest BCUT2D eigenvalue weighted by Crippen LogP contribution is 2.28. The van der Waals surface area contributed by atoms with Gasteiger partial charge in [0.15, 0.2) is 5.82 Å². The Morgan fingerprint density at radius 2 is 1.67 bits per heavy atom. The highest BCUT2D eigenvalue weighted by Gasteiger charge is 2.15. The molecular weight excluding hydrogens is 478 g/mol. The molecule has 6 heteroatoms. The Balaban J connectivity index is 1.55. The fourth-order valence-corrected chi connectivity index (χ4v) is 4.11. The average molecular weight is 498 g/mol. The largest absolute Gasteiger partial charge is 0.508 e. The van der Waals surface area contributed by atoms with Crippen LogP contribution in [0.25, 0.3) is 21.8 Å². The van der Waals surface area contributed by atoms with E-state index in [-0.39, 0.29) is 18.1 Å². The van der Waals surface area contributed by atoms with Crippen molar-refractivity contribution < 1.29 is 9.90 Å². The Hall–Kier alpha value is -3.77. The van der Waals surface area contributed by atoms with Crippen molar-refractivity contribution in [2.45, 2.75) is 12.8 Å². The zero-order valence-electron chi connectivity index (χ0n) is 17.6. The van der Waals surface area contributed by atoms with Gasteiger partial charge in [-0.2, -0.15) is 0 Å². The summed E-state index contributed by atoms with van der Waals surface area (Å²) < 4.78 is 0.970. The molecule has 162 valence electrons. The molecular formula is C27H20BrN3O2. The van der Waals surface area contributed by atoms with Crippen LogP contribution in [0.15, 0.2) is 89.4 Å². The van der Waals surface area contributed by atoms with Gasteiger partial charge >= 0.3 is 0 Å². The summed E-state index contributed by atoms with van der Waals surface area (Å²) in [6.07, 6.45) is 0.779. The lowest BCUT2D eigenvalue weighted by atomic mass is 10.1. The highest BCUT2D eigenvalue weighted by molar-refractivity contribution is 9.10. The van der Waals surface area contributed by atoms with E-state index in [0.717, 1.165) is 31.9 Å². The van der Waals surface area contributed by atoms with Gasteiger partial charge in [-0.3, -0.25) is 4.79 Å². The Labute approximate surface area is 199 Å². The smallest absolute Gasteiger partial charge is 0.229 e. The topological polar surface area (TPSA) is 75.1 Å². The summed E-state index contributed by atoms with van der Waals surface area (Å²) in [7, 11) is 0. The van der Waals surface area contributed by atoms with Gasteiger partial charge in [0.1, 0.15) is 5.75 Å². The Bertz CT molecular complexity index is 1470. The molecule has 0 spiro atoms. The minimum atomic E-state index is -0.147. The second-order valence-corrected chi connectivity index (χ2v) is 8.79. The summed E-state index contributed by atoms with van der Waals surface area (Å²) in [5, 5.41) is 14.6. The van der Waals surface area contributed by atoms with E-state index in [2.05, 4.69) is 21.2 Å². The molecule has 5 rings (SSSR count). The van der Waals surface area contributed by atoms with Crippen molar-refractivity contribution in [3.8, 4) is 5.75 Å². The van der Waals surface area contributed by atoms with Crippen molar-refractivity contribution in [2.75, 3.05) is 5.32 Å². The number of phenols is 1. The standard InChI is InChI=1S/C27H20BrN3O2/c28-20-9-6-18(7-10-20)15-25(33)31-27-24(14-17-4-2-1-3-5-17)29-26-22-12-11-21(32)16-19(22)8-13-23(26)30-27/h1-13,16,32H,14-15H2,(H,30,31,33). The number of amides is 1. The SMILES string of the molecule is O=C(Cc1ccc(Br)cc1)Nc1nc2ccc3cc(O)ccc3c2nc1Cc1ccccc1. The maximum absolute atomic E-state index is 12.8. The summed E-state index contributed by atoms with van der Waals surface area (Å²) >= 11 is 3.42. The van der Waals surface area contributed by atoms with E-state index in [9.17, 15) is 9.90 Å². The van der Waals surface area contributed by atoms with Gasteiger partial charge < -0.3 is 10.4 Å². The maximum Gasteiger partial charge on any atom is 0.229 e. The van der Waals surface area contributed by atoms with E-state index >= 15 is 0 Å².